The van der Waals surface area contributed by atoms with Crippen LogP contribution in [0.2, 0.25) is 10.0 Å². The third-order valence-corrected chi connectivity index (χ3v) is 5.89. The molecule has 2 aliphatic heterocycles. The minimum Gasteiger partial charge on any atom is -0.262 e. The van der Waals surface area contributed by atoms with E-state index in [0.29, 0.717) is 19.6 Å². The summed E-state index contributed by atoms with van der Waals surface area (Å²) in [6.07, 6.45) is 0. The Kier molecular flexibility index (Phi) is 5.54. The highest BCUT2D eigenvalue weighted by Gasteiger charge is 2.48. The Hall–Kier alpha value is -4.54. The lowest BCUT2D eigenvalue weighted by molar-refractivity contribution is -0.133. The molecule has 0 unspecified atom stereocenters. The normalized spacial score (nSPS) is 16.2. The number of imide groups is 4. The Labute approximate surface area is 212 Å². The summed E-state index contributed by atoms with van der Waals surface area (Å²) in [5.41, 5.74) is 0.0126. The van der Waals surface area contributed by atoms with E-state index in [4.69, 9.17) is 23.2 Å². The predicted molar refractivity (Wildman–Crippen MR) is 130 cm³/mol. The lowest BCUT2D eigenvalue weighted by atomic mass is 10.2. The van der Waals surface area contributed by atoms with Crippen molar-refractivity contribution in [2.75, 3.05) is 19.6 Å². The maximum Gasteiger partial charge on any atom is 0.343 e. The van der Waals surface area contributed by atoms with Crippen molar-refractivity contribution in [3.05, 3.63) is 82.8 Å². The standard InChI is InChI=1S/C24H12Cl2N4O6/c25-13-4-1-6-15(10-13)27-19(31)21(33)29(23(27)35)17-8-3-9-18(12-17)30-22(34)20(32)28(24(30)36)16-7-2-5-14(26)11-16/h1-12H. The lowest BCUT2D eigenvalue weighted by Crippen LogP contribution is -2.34. The van der Waals surface area contributed by atoms with Gasteiger partial charge in [0.2, 0.25) is 0 Å². The maximum absolute atomic E-state index is 13.1. The minimum absolute atomic E-state index is 0.0883. The van der Waals surface area contributed by atoms with Gasteiger partial charge in [0.1, 0.15) is 0 Å². The summed E-state index contributed by atoms with van der Waals surface area (Å²) in [5.74, 6) is -4.51. The van der Waals surface area contributed by atoms with E-state index in [9.17, 15) is 28.8 Å². The number of nitrogens with zero attached hydrogens (tertiary/aromatic N) is 4. The van der Waals surface area contributed by atoms with Gasteiger partial charge in [-0.2, -0.15) is 0 Å². The van der Waals surface area contributed by atoms with Crippen LogP contribution in [0.3, 0.4) is 0 Å². The van der Waals surface area contributed by atoms with E-state index in [1.807, 2.05) is 0 Å². The molecule has 0 aromatic heterocycles. The molecule has 3 aromatic carbocycles. The zero-order valence-electron chi connectivity index (χ0n) is 17.9. The van der Waals surface area contributed by atoms with Crippen molar-refractivity contribution >= 4 is 81.6 Å². The summed E-state index contributed by atoms with van der Waals surface area (Å²) in [4.78, 5) is 79.4. The molecule has 2 heterocycles. The highest BCUT2D eigenvalue weighted by molar-refractivity contribution is 6.61. The van der Waals surface area contributed by atoms with Crippen molar-refractivity contribution in [3.63, 3.8) is 0 Å². The third-order valence-electron chi connectivity index (χ3n) is 5.42. The van der Waals surface area contributed by atoms with Gasteiger partial charge in [0.15, 0.2) is 0 Å². The summed E-state index contributed by atoms with van der Waals surface area (Å²) in [7, 11) is 0. The molecule has 0 bridgehead atoms. The molecular formula is C24H12Cl2N4O6. The first-order valence-corrected chi connectivity index (χ1v) is 11.0. The Bertz CT molecular complexity index is 1410. The van der Waals surface area contributed by atoms with Crippen LogP contribution in [0.15, 0.2) is 72.8 Å². The van der Waals surface area contributed by atoms with Crippen LogP contribution in [0.4, 0.5) is 32.3 Å². The number of urea groups is 2. The van der Waals surface area contributed by atoms with Gasteiger partial charge in [-0.1, -0.05) is 41.4 Å². The first kappa shape index (κ1) is 23.2. The number of carbonyl (C=O) groups excluding carboxylic acids is 6. The van der Waals surface area contributed by atoms with Crippen LogP contribution in [0.5, 0.6) is 0 Å². The first-order valence-electron chi connectivity index (χ1n) is 10.3. The second-order valence-corrected chi connectivity index (χ2v) is 8.48. The molecule has 0 N–H and O–H groups in total. The van der Waals surface area contributed by atoms with Crippen molar-refractivity contribution in [1.29, 1.82) is 0 Å². The number of rotatable bonds is 4. The van der Waals surface area contributed by atoms with Crippen LogP contribution in [0.25, 0.3) is 0 Å². The molecule has 36 heavy (non-hydrogen) atoms. The quantitative estimate of drug-likeness (QED) is 0.377. The van der Waals surface area contributed by atoms with E-state index in [-0.39, 0.29) is 32.8 Å². The second kappa shape index (κ2) is 8.59. The number of anilines is 4. The number of halogens is 2. The minimum atomic E-state index is -1.15. The van der Waals surface area contributed by atoms with E-state index in [1.54, 1.807) is 0 Å². The number of benzene rings is 3. The van der Waals surface area contributed by atoms with E-state index >= 15 is 0 Å². The van der Waals surface area contributed by atoms with Crippen molar-refractivity contribution in [2.45, 2.75) is 0 Å². The highest BCUT2D eigenvalue weighted by Crippen LogP contribution is 2.33. The molecule has 2 fully saturated rings. The van der Waals surface area contributed by atoms with Crippen LogP contribution < -0.4 is 19.6 Å². The molecule has 3 aromatic rings. The fourth-order valence-corrected chi connectivity index (χ4v) is 4.21. The van der Waals surface area contributed by atoms with Crippen LogP contribution in [-0.2, 0) is 19.2 Å². The van der Waals surface area contributed by atoms with E-state index < -0.39 is 35.7 Å². The fraction of sp³-hybridized carbons (Fsp3) is 0. The summed E-state index contributed by atoms with van der Waals surface area (Å²) >= 11 is 11.9. The van der Waals surface area contributed by atoms with Gasteiger partial charge in [-0.05, 0) is 54.6 Å². The molecule has 0 radical (unpaired) electrons. The number of hydrogen-bond donors (Lipinski definition) is 0. The van der Waals surface area contributed by atoms with Crippen molar-refractivity contribution in [1.82, 2.24) is 0 Å². The molecule has 10 nitrogen and oxygen atoms in total. The van der Waals surface area contributed by atoms with Crippen LogP contribution in [0, 0.1) is 0 Å². The van der Waals surface area contributed by atoms with Gasteiger partial charge in [-0.15, -0.1) is 0 Å². The predicted octanol–water partition coefficient (Wildman–Crippen LogP) is 3.99. The van der Waals surface area contributed by atoms with E-state index in [2.05, 4.69) is 0 Å². The topological polar surface area (TPSA) is 115 Å². The van der Waals surface area contributed by atoms with Crippen molar-refractivity contribution in [2.24, 2.45) is 0 Å². The molecule has 0 atom stereocenters. The van der Waals surface area contributed by atoms with Gasteiger partial charge in [-0.3, -0.25) is 19.2 Å². The Morgan fingerprint density at radius 1 is 0.417 bits per heavy atom. The van der Waals surface area contributed by atoms with Gasteiger partial charge < -0.3 is 0 Å². The zero-order valence-corrected chi connectivity index (χ0v) is 19.4. The monoisotopic (exact) mass is 522 g/mol. The molecule has 2 aliphatic rings. The Morgan fingerprint density at radius 2 is 0.694 bits per heavy atom. The lowest BCUT2D eigenvalue weighted by Gasteiger charge is -2.19. The SMILES string of the molecule is O=C1C(=O)N(c2cccc(N3C(=O)C(=O)N(c4cccc(Cl)c4)C3=O)c2)C(=O)N1c1cccc(Cl)c1. The summed E-state index contributed by atoms with van der Waals surface area (Å²) < 4.78 is 0. The van der Waals surface area contributed by atoms with Gasteiger partial charge in [-0.25, -0.2) is 29.2 Å². The first-order chi connectivity index (χ1) is 17.2. The van der Waals surface area contributed by atoms with Gasteiger partial charge in [0.25, 0.3) is 0 Å². The molecule has 8 amide bonds. The smallest absolute Gasteiger partial charge is 0.262 e. The van der Waals surface area contributed by atoms with Crippen LogP contribution >= 0.6 is 23.2 Å². The van der Waals surface area contributed by atoms with Crippen LogP contribution in [0.1, 0.15) is 0 Å². The van der Waals surface area contributed by atoms with Gasteiger partial charge >= 0.3 is 35.7 Å². The average molecular weight is 523 g/mol. The summed E-state index contributed by atoms with van der Waals surface area (Å²) in [6.45, 7) is 0. The van der Waals surface area contributed by atoms with E-state index in [1.165, 1.54) is 72.8 Å². The largest absolute Gasteiger partial charge is 0.343 e. The van der Waals surface area contributed by atoms with Crippen molar-refractivity contribution in [3.8, 4) is 0 Å². The summed E-state index contributed by atoms with van der Waals surface area (Å²) in [5, 5.41) is 0.502. The molecule has 178 valence electrons. The number of amides is 8. The number of carbonyl (C=O) groups is 6. The Morgan fingerprint density at radius 3 is 1.00 bits per heavy atom. The molecule has 2 saturated heterocycles. The van der Waals surface area contributed by atoms with Gasteiger partial charge in [0.05, 0.1) is 22.7 Å². The second-order valence-electron chi connectivity index (χ2n) is 7.61. The number of hydrogen-bond acceptors (Lipinski definition) is 6. The molecule has 0 spiro atoms. The molecule has 0 aliphatic carbocycles. The molecule has 5 rings (SSSR count). The Balaban J connectivity index is 1.50. The molecule has 12 heteroatoms. The third kappa shape index (κ3) is 3.60. The maximum atomic E-state index is 13.1. The van der Waals surface area contributed by atoms with E-state index in [0.717, 1.165) is 0 Å². The highest BCUT2D eigenvalue weighted by atomic mass is 35.5. The fourth-order valence-electron chi connectivity index (χ4n) is 3.84. The average Bonchev–Trinajstić information content (AvgIpc) is 3.20. The summed E-state index contributed by atoms with van der Waals surface area (Å²) in [6, 6.07) is 15.0. The molecule has 0 saturated carbocycles. The van der Waals surface area contributed by atoms with Gasteiger partial charge in [0, 0.05) is 10.0 Å². The zero-order chi connectivity index (χ0) is 25.7. The molecular weight excluding hydrogens is 511 g/mol. The van der Waals surface area contributed by atoms with Crippen molar-refractivity contribution < 1.29 is 28.8 Å². The van der Waals surface area contributed by atoms with Crippen LogP contribution in [-0.4, -0.2) is 35.7 Å².